The predicted molar refractivity (Wildman–Crippen MR) is 81.2 cm³/mol. The Bertz CT molecular complexity index is 605. The maximum atomic E-state index is 13.5. The van der Waals surface area contributed by atoms with Crippen LogP contribution in [0.4, 0.5) is 8.78 Å². The van der Waals surface area contributed by atoms with Gasteiger partial charge in [-0.2, -0.15) is 0 Å². The van der Waals surface area contributed by atoms with Crippen LogP contribution in [-0.2, 0) is 12.3 Å². The summed E-state index contributed by atoms with van der Waals surface area (Å²) in [7, 11) is 0. The van der Waals surface area contributed by atoms with E-state index in [0.717, 1.165) is 17.6 Å². The number of furan rings is 1. The minimum absolute atomic E-state index is 0.0267. The Hall–Kier alpha value is -1.33. The Morgan fingerprint density at radius 2 is 1.81 bits per heavy atom. The fourth-order valence-corrected chi connectivity index (χ4v) is 2.50. The molecule has 0 saturated heterocycles. The summed E-state index contributed by atoms with van der Waals surface area (Å²) >= 11 is 1.29. The van der Waals surface area contributed by atoms with Crippen molar-refractivity contribution in [3.8, 4) is 0 Å². The summed E-state index contributed by atoms with van der Waals surface area (Å²) in [6, 6.07) is 7.39. The van der Waals surface area contributed by atoms with Crippen molar-refractivity contribution in [2.75, 3.05) is 0 Å². The molecule has 0 radical (unpaired) electrons. The number of rotatable bonds is 5. The molecule has 0 fully saturated rings. The molecule has 0 saturated carbocycles. The van der Waals surface area contributed by atoms with Crippen LogP contribution in [-0.4, -0.2) is 5.54 Å². The first-order chi connectivity index (χ1) is 9.83. The zero-order valence-electron chi connectivity index (χ0n) is 12.4. The molecule has 0 aliphatic rings. The van der Waals surface area contributed by atoms with Crippen molar-refractivity contribution in [2.45, 2.75) is 43.5 Å². The first-order valence-corrected chi connectivity index (χ1v) is 7.72. The van der Waals surface area contributed by atoms with Gasteiger partial charge < -0.3 is 9.73 Å². The molecule has 0 bridgehead atoms. The van der Waals surface area contributed by atoms with Crippen LogP contribution < -0.4 is 5.32 Å². The zero-order valence-corrected chi connectivity index (χ0v) is 13.2. The summed E-state index contributed by atoms with van der Waals surface area (Å²) in [5.74, 6) is 1.03. The van der Waals surface area contributed by atoms with Gasteiger partial charge in [-0.3, -0.25) is 0 Å². The van der Waals surface area contributed by atoms with Gasteiger partial charge in [0, 0.05) is 16.5 Å². The molecule has 0 amide bonds. The molecule has 21 heavy (non-hydrogen) atoms. The van der Waals surface area contributed by atoms with E-state index >= 15 is 0 Å². The lowest BCUT2D eigenvalue weighted by molar-refractivity contribution is 0.382. The summed E-state index contributed by atoms with van der Waals surface area (Å²) < 4.78 is 32.0. The highest BCUT2D eigenvalue weighted by Gasteiger charge is 2.11. The molecule has 1 aromatic heterocycles. The van der Waals surface area contributed by atoms with Gasteiger partial charge in [-0.15, -0.1) is 11.8 Å². The lowest BCUT2D eigenvalue weighted by Gasteiger charge is -2.19. The molecule has 5 heteroatoms. The minimum Gasteiger partial charge on any atom is -0.464 e. The van der Waals surface area contributed by atoms with E-state index < -0.39 is 11.6 Å². The molecule has 0 atom stereocenters. The average molecular weight is 311 g/mol. The normalized spacial score (nSPS) is 11.9. The van der Waals surface area contributed by atoms with Gasteiger partial charge in [0.2, 0.25) is 0 Å². The lowest BCUT2D eigenvalue weighted by Crippen LogP contribution is -2.34. The Morgan fingerprint density at radius 3 is 2.48 bits per heavy atom. The van der Waals surface area contributed by atoms with Gasteiger partial charge in [0.15, 0.2) is 0 Å². The van der Waals surface area contributed by atoms with E-state index in [0.29, 0.717) is 17.2 Å². The topological polar surface area (TPSA) is 25.2 Å². The third-order valence-corrected chi connectivity index (χ3v) is 3.85. The standard InChI is InChI=1S/C16H19F2NOS/c1-16(2,3)19-9-12-5-6-13(20-12)10-21-15-7-4-11(17)8-14(15)18/h4-8,19H,9-10H2,1-3H3. The molecular formula is C16H19F2NOS. The molecule has 1 N–H and O–H groups in total. The van der Waals surface area contributed by atoms with E-state index in [9.17, 15) is 8.78 Å². The van der Waals surface area contributed by atoms with E-state index in [4.69, 9.17) is 4.42 Å². The number of hydrogen-bond donors (Lipinski definition) is 1. The highest BCUT2D eigenvalue weighted by Crippen LogP contribution is 2.26. The van der Waals surface area contributed by atoms with Crippen molar-refractivity contribution in [1.29, 1.82) is 0 Å². The lowest BCUT2D eigenvalue weighted by atomic mass is 10.1. The zero-order chi connectivity index (χ0) is 15.5. The number of benzene rings is 1. The molecule has 0 aliphatic heterocycles. The molecular weight excluding hydrogens is 292 g/mol. The van der Waals surface area contributed by atoms with Crippen molar-refractivity contribution < 1.29 is 13.2 Å². The molecule has 1 heterocycles. The third-order valence-electron chi connectivity index (χ3n) is 2.77. The minimum atomic E-state index is -0.564. The van der Waals surface area contributed by atoms with Gasteiger partial charge in [0.1, 0.15) is 23.2 Å². The highest BCUT2D eigenvalue weighted by atomic mass is 32.2. The number of hydrogen-bond acceptors (Lipinski definition) is 3. The van der Waals surface area contributed by atoms with E-state index in [1.54, 1.807) is 0 Å². The second kappa shape index (κ2) is 6.62. The first-order valence-electron chi connectivity index (χ1n) is 6.74. The fraction of sp³-hybridized carbons (Fsp3) is 0.375. The molecule has 2 aromatic rings. The van der Waals surface area contributed by atoms with Crippen LogP contribution in [0.15, 0.2) is 39.6 Å². The van der Waals surface area contributed by atoms with Crippen LogP contribution in [0, 0.1) is 11.6 Å². The van der Waals surface area contributed by atoms with Crippen LogP contribution in [0.1, 0.15) is 32.3 Å². The summed E-state index contributed by atoms with van der Waals surface area (Å²) in [6.07, 6.45) is 0. The largest absolute Gasteiger partial charge is 0.464 e. The van der Waals surface area contributed by atoms with Crippen molar-refractivity contribution in [1.82, 2.24) is 5.32 Å². The van der Waals surface area contributed by atoms with Gasteiger partial charge in [0.25, 0.3) is 0 Å². The SMILES string of the molecule is CC(C)(C)NCc1ccc(CSc2ccc(F)cc2F)o1. The maximum absolute atomic E-state index is 13.5. The molecule has 2 nitrogen and oxygen atoms in total. The van der Waals surface area contributed by atoms with Crippen molar-refractivity contribution in [3.63, 3.8) is 0 Å². The van der Waals surface area contributed by atoms with Crippen molar-refractivity contribution in [3.05, 3.63) is 53.5 Å². The Kier molecular flexibility index (Phi) is 5.06. The molecule has 0 unspecified atom stereocenters. The summed E-state index contributed by atoms with van der Waals surface area (Å²) in [5.41, 5.74) is 0.0267. The Balaban J connectivity index is 1.90. The smallest absolute Gasteiger partial charge is 0.139 e. The monoisotopic (exact) mass is 311 g/mol. The van der Waals surface area contributed by atoms with Crippen LogP contribution >= 0.6 is 11.8 Å². The van der Waals surface area contributed by atoms with Gasteiger partial charge >= 0.3 is 0 Å². The second-order valence-corrected chi connectivity index (χ2v) is 6.85. The fourth-order valence-electron chi connectivity index (χ4n) is 1.69. The predicted octanol–water partition coefficient (Wildman–Crippen LogP) is 4.74. The summed E-state index contributed by atoms with van der Waals surface area (Å²) in [5, 5.41) is 3.34. The Morgan fingerprint density at radius 1 is 1.10 bits per heavy atom. The average Bonchev–Trinajstić information content (AvgIpc) is 2.82. The summed E-state index contributed by atoms with van der Waals surface area (Å²) in [6.45, 7) is 6.91. The molecule has 0 aliphatic carbocycles. The van der Waals surface area contributed by atoms with Gasteiger partial charge in [-0.25, -0.2) is 8.78 Å². The van der Waals surface area contributed by atoms with Crippen LogP contribution in [0.2, 0.25) is 0 Å². The first kappa shape index (κ1) is 16.0. The molecule has 0 spiro atoms. The summed E-state index contributed by atoms with van der Waals surface area (Å²) in [4.78, 5) is 0.419. The number of thioether (sulfide) groups is 1. The van der Waals surface area contributed by atoms with Crippen LogP contribution in [0.3, 0.4) is 0 Å². The van der Waals surface area contributed by atoms with E-state index in [-0.39, 0.29) is 5.54 Å². The van der Waals surface area contributed by atoms with Crippen LogP contribution in [0.25, 0.3) is 0 Å². The van der Waals surface area contributed by atoms with Gasteiger partial charge in [-0.1, -0.05) is 0 Å². The molecule has 1 aromatic carbocycles. The maximum Gasteiger partial charge on any atom is 0.139 e. The number of nitrogens with one attached hydrogen (secondary N) is 1. The van der Waals surface area contributed by atoms with Gasteiger partial charge in [-0.05, 0) is 45.0 Å². The highest BCUT2D eigenvalue weighted by molar-refractivity contribution is 7.98. The van der Waals surface area contributed by atoms with Crippen molar-refractivity contribution >= 4 is 11.8 Å². The van der Waals surface area contributed by atoms with Crippen LogP contribution in [0.5, 0.6) is 0 Å². The second-order valence-electron chi connectivity index (χ2n) is 5.83. The molecule has 114 valence electrons. The quantitative estimate of drug-likeness (QED) is 0.808. The van der Waals surface area contributed by atoms with E-state index in [2.05, 4.69) is 26.1 Å². The van der Waals surface area contributed by atoms with Crippen molar-refractivity contribution in [2.24, 2.45) is 0 Å². The third kappa shape index (κ3) is 5.17. The molecule has 2 rings (SSSR count). The van der Waals surface area contributed by atoms with E-state index in [1.807, 2.05) is 12.1 Å². The Labute approximate surface area is 127 Å². The van der Waals surface area contributed by atoms with Gasteiger partial charge in [0.05, 0.1) is 12.3 Å². The number of halogens is 2. The van der Waals surface area contributed by atoms with E-state index in [1.165, 1.54) is 23.9 Å².